The predicted molar refractivity (Wildman–Crippen MR) is 112 cm³/mol. The quantitative estimate of drug-likeness (QED) is 0.481. The SMILES string of the molecule is COc1cc(NC(=NCc2ccccn2)NC(=O)c2ccc(F)cc2)cc(OC)c1. The third kappa shape index (κ3) is 5.78. The number of amides is 1. The van der Waals surface area contributed by atoms with Crippen LogP contribution in [0.1, 0.15) is 16.1 Å². The molecule has 1 aromatic heterocycles. The number of hydrogen-bond donors (Lipinski definition) is 2. The first-order valence-electron chi connectivity index (χ1n) is 9.09. The molecule has 0 aliphatic rings. The van der Waals surface area contributed by atoms with Crippen molar-refractivity contribution in [1.29, 1.82) is 0 Å². The van der Waals surface area contributed by atoms with Crippen molar-refractivity contribution >= 4 is 17.6 Å². The Kier molecular flexibility index (Phi) is 6.94. The van der Waals surface area contributed by atoms with Crippen molar-refractivity contribution < 1.29 is 18.7 Å². The number of halogens is 1. The lowest BCUT2D eigenvalue weighted by Gasteiger charge is -2.14. The molecule has 30 heavy (non-hydrogen) atoms. The van der Waals surface area contributed by atoms with Gasteiger partial charge in [-0.15, -0.1) is 0 Å². The highest BCUT2D eigenvalue weighted by Crippen LogP contribution is 2.25. The van der Waals surface area contributed by atoms with Crippen molar-refractivity contribution in [2.24, 2.45) is 4.99 Å². The van der Waals surface area contributed by atoms with Gasteiger partial charge in [0.1, 0.15) is 17.3 Å². The number of nitrogens with one attached hydrogen (secondary N) is 2. The lowest BCUT2D eigenvalue weighted by atomic mass is 10.2. The smallest absolute Gasteiger partial charge is 0.257 e. The van der Waals surface area contributed by atoms with Crippen molar-refractivity contribution in [2.45, 2.75) is 6.54 Å². The molecule has 0 bridgehead atoms. The van der Waals surface area contributed by atoms with Crippen LogP contribution in [0.15, 0.2) is 71.9 Å². The number of hydrogen-bond acceptors (Lipinski definition) is 5. The van der Waals surface area contributed by atoms with E-state index < -0.39 is 11.7 Å². The second-order valence-corrected chi connectivity index (χ2v) is 6.17. The number of anilines is 1. The first-order valence-corrected chi connectivity index (χ1v) is 9.09. The summed E-state index contributed by atoms with van der Waals surface area (Å²) in [4.78, 5) is 21.3. The minimum atomic E-state index is -0.433. The molecule has 0 spiro atoms. The molecular weight excluding hydrogens is 387 g/mol. The van der Waals surface area contributed by atoms with Crippen LogP contribution >= 0.6 is 0 Å². The summed E-state index contributed by atoms with van der Waals surface area (Å²) in [7, 11) is 3.09. The maximum Gasteiger partial charge on any atom is 0.257 e. The molecule has 0 atom stereocenters. The Morgan fingerprint density at radius 1 is 1.03 bits per heavy atom. The van der Waals surface area contributed by atoms with Gasteiger partial charge in [-0.05, 0) is 36.4 Å². The van der Waals surface area contributed by atoms with E-state index in [0.717, 1.165) is 5.69 Å². The van der Waals surface area contributed by atoms with E-state index in [2.05, 4.69) is 20.6 Å². The van der Waals surface area contributed by atoms with E-state index >= 15 is 0 Å². The zero-order chi connectivity index (χ0) is 21.3. The summed E-state index contributed by atoms with van der Waals surface area (Å²) in [5.74, 6) is 0.496. The van der Waals surface area contributed by atoms with Gasteiger partial charge in [0.2, 0.25) is 5.96 Å². The monoisotopic (exact) mass is 408 g/mol. The predicted octanol–water partition coefficient (Wildman–Crippen LogP) is 3.64. The van der Waals surface area contributed by atoms with Gasteiger partial charge in [0.15, 0.2) is 0 Å². The number of rotatable bonds is 6. The normalized spacial score (nSPS) is 11.0. The van der Waals surface area contributed by atoms with Gasteiger partial charge in [0, 0.05) is 35.6 Å². The zero-order valence-electron chi connectivity index (χ0n) is 16.6. The number of pyridine rings is 1. The third-order valence-electron chi connectivity index (χ3n) is 4.08. The molecular formula is C22H21FN4O3. The number of benzene rings is 2. The Morgan fingerprint density at radius 2 is 1.73 bits per heavy atom. The van der Waals surface area contributed by atoms with Crippen LogP contribution in [0.3, 0.4) is 0 Å². The second kappa shape index (κ2) is 10.0. The van der Waals surface area contributed by atoms with Crippen LogP contribution < -0.4 is 20.1 Å². The van der Waals surface area contributed by atoms with Crippen LogP contribution in [0.2, 0.25) is 0 Å². The van der Waals surface area contributed by atoms with Gasteiger partial charge in [-0.1, -0.05) is 6.07 Å². The lowest BCUT2D eigenvalue weighted by molar-refractivity contribution is 0.0977. The molecule has 2 aromatic carbocycles. The second-order valence-electron chi connectivity index (χ2n) is 6.17. The number of ether oxygens (including phenoxy) is 2. The number of carbonyl (C=O) groups is 1. The molecule has 0 fully saturated rings. The lowest BCUT2D eigenvalue weighted by Crippen LogP contribution is -2.36. The Labute approximate surface area is 173 Å². The highest BCUT2D eigenvalue weighted by molar-refractivity contribution is 6.10. The summed E-state index contributed by atoms with van der Waals surface area (Å²) in [6.07, 6.45) is 1.67. The van der Waals surface area contributed by atoms with E-state index in [1.165, 1.54) is 24.3 Å². The Balaban J connectivity index is 1.85. The molecule has 0 aliphatic heterocycles. The van der Waals surface area contributed by atoms with Crippen LogP contribution in [-0.2, 0) is 6.54 Å². The topological polar surface area (TPSA) is 84.8 Å². The van der Waals surface area contributed by atoms with Gasteiger partial charge < -0.3 is 14.8 Å². The van der Waals surface area contributed by atoms with Crippen molar-refractivity contribution in [3.05, 3.63) is 83.9 Å². The summed E-state index contributed by atoms with van der Waals surface area (Å²) < 4.78 is 23.7. The average Bonchev–Trinajstić information content (AvgIpc) is 2.78. The Bertz CT molecular complexity index is 1000. The first kappa shape index (κ1) is 20.8. The van der Waals surface area contributed by atoms with Gasteiger partial charge in [-0.25, -0.2) is 9.38 Å². The minimum absolute atomic E-state index is 0.199. The van der Waals surface area contributed by atoms with Crippen LogP contribution in [0.5, 0.6) is 11.5 Å². The molecule has 7 nitrogen and oxygen atoms in total. The molecule has 8 heteroatoms. The van der Waals surface area contributed by atoms with E-state index in [1.54, 1.807) is 38.6 Å². The van der Waals surface area contributed by atoms with Crippen LogP contribution in [0.4, 0.5) is 10.1 Å². The fraction of sp³-hybridized carbons (Fsp3) is 0.136. The Hall–Kier alpha value is -3.94. The number of nitrogens with zero attached hydrogens (tertiary/aromatic N) is 2. The number of carbonyl (C=O) groups excluding carboxylic acids is 1. The van der Waals surface area contributed by atoms with E-state index in [0.29, 0.717) is 22.7 Å². The van der Waals surface area contributed by atoms with E-state index in [4.69, 9.17) is 9.47 Å². The van der Waals surface area contributed by atoms with Crippen LogP contribution in [0.25, 0.3) is 0 Å². The molecule has 0 saturated heterocycles. The van der Waals surface area contributed by atoms with Gasteiger partial charge in [-0.3, -0.25) is 15.1 Å². The van der Waals surface area contributed by atoms with Crippen molar-refractivity contribution in [2.75, 3.05) is 19.5 Å². The van der Waals surface area contributed by atoms with Crippen molar-refractivity contribution in [1.82, 2.24) is 10.3 Å². The maximum absolute atomic E-state index is 13.2. The number of aromatic nitrogens is 1. The summed E-state index contributed by atoms with van der Waals surface area (Å²) in [6, 6.07) is 15.9. The molecule has 0 aliphatic carbocycles. The number of methoxy groups -OCH3 is 2. The molecule has 1 heterocycles. The fourth-order valence-electron chi connectivity index (χ4n) is 2.56. The summed E-state index contributed by atoms with van der Waals surface area (Å²) in [5.41, 5.74) is 1.63. The molecule has 0 saturated carbocycles. The zero-order valence-corrected chi connectivity index (χ0v) is 16.6. The molecule has 3 aromatic rings. The van der Waals surface area contributed by atoms with Crippen molar-refractivity contribution in [3.8, 4) is 11.5 Å². The highest BCUT2D eigenvalue weighted by atomic mass is 19.1. The third-order valence-corrected chi connectivity index (χ3v) is 4.08. The molecule has 0 unspecified atom stereocenters. The van der Waals surface area contributed by atoms with Gasteiger partial charge in [0.05, 0.1) is 26.5 Å². The Morgan fingerprint density at radius 3 is 2.33 bits per heavy atom. The molecule has 0 radical (unpaired) electrons. The van der Waals surface area contributed by atoms with E-state index in [1.807, 2.05) is 18.2 Å². The van der Waals surface area contributed by atoms with E-state index in [9.17, 15) is 9.18 Å². The van der Waals surface area contributed by atoms with Gasteiger partial charge in [-0.2, -0.15) is 0 Å². The van der Waals surface area contributed by atoms with Gasteiger partial charge >= 0.3 is 0 Å². The molecule has 1 amide bonds. The molecule has 2 N–H and O–H groups in total. The number of guanidine groups is 1. The minimum Gasteiger partial charge on any atom is -0.497 e. The standard InChI is InChI=1S/C22H21FN4O3/c1-29-19-11-18(12-20(13-19)30-2)26-22(25-14-17-5-3-4-10-24-17)27-21(28)15-6-8-16(23)9-7-15/h3-13H,14H2,1-2H3,(H2,25,26,27,28). The van der Waals surface area contributed by atoms with Crippen LogP contribution in [0, 0.1) is 5.82 Å². The largest absolute Gasteiger partial charge is 0.497 e. The highest BCUT2D eigenvalue weighted by Gasteiger charge is 2.11. The fourth-order valence-corrected chi connectivity index (χ4v) is 2.56. The van der Waals surface area contributed by atoms with Gasteiger partial charge in [0.25, 0.3) is 5.91 Å². The van der Waals surface area contributed by atoms with E-state index in [-0.39, 0.29) is 12.5 Å². The summed E-state index contributed by atoms with van der Waals surface area (Å²) in [5, 5.41) is 5.78. The van der Waals surface area contributed by atoms with Crippen molar-refractivity contribution in [3.63, 3.8) is 0 Å². The molecule has 154 valence electrons. The maximum atomic E-state index is 13.2. The average molecular weight is 408 g/mol. The van der Waals surface area contributed by atoms with Crippen LogP contribution in [-0.4, -0.2) is 31.1 Å². The summed E-state index contributed by atoms with van der Waals surface area (Å²) >= 11 is 0. The number of aliphatic imine (C=N–C) groups is 1. The first-order chi connectivity index (χ1) is 14.6. The summed E-state index contributed by atoms with van der Waals surface area (Å²) in [6.45, 7) is 0.244. The molecule has 3 rings (SSSR count).